The first-order chi connectivity index (χ1) is 17.8. The van der Waals surface area contributed by atoms with E-state index >= 15 is 0 Å². The number of rotatable bonds is 28. The topological polar surface area (TPSA) is 8.81 Å². The second kappa shape index (κ2) is 25.8. The van der Waals surface area contributed by atoms with Crippen molar-refractivity contribution in [2.75, 3.05) is 0 Å². The summed E-state index contributed by atoms with van der Waals surface area (Å²) in [5, 5.41) is 0. The standard InChI is InChI=1S/C34H67N2/c1-4-7-10-12-14-16-18-19-21-23-25-28-31-36-33-32-35(30-27-9-6-3)34(36)29-26-24-22-20-17-15-13-11-8-5-2/h32-33H,4-31H2,1-3H3/q+1. The number of aromatic nitrogens is 2. The van der Waals surface area contributed by atoms with Crippen LogP contribution < -0.4 is 4.57 Å². The Morgan fingerprint density at radius 3 is 1.33 bits per heavy atom. The van der Waals surface area contributed by atoms with Crippen molar-refractivity contribution in [3.8, 4) is 0 Å². The third-order valence-corrected chi connectivity index (χ3v) is 8.10. The molecule has 1 aromatic heterocycles. The molecule has 1 heterocycles. The Morgan fingerprint density at radius 2 is 0.861 bits per heavy atom. The number of aryl methyl sites for hydroxylation is 2. The molecule has 0 amide bonds. The van der Waals surface area contributed by atoms with Crippen molar-refractivity contribution in [3.63, 3.8) is 0 Å². The summed E-state index contributed by atoms with van der Waals surface area (Å²) in [5.74, 6) is 1.61. The molecule has 36 heavy (non-hydrogen) atoms. The molecule has 0 aliphatic carbocycles. The molecular formula is C34H67N2+. The SMILES string of the molecule is CCCCCCCCCCCCCC[n+]1ccn(CCCCC)c1CCCCCCCCCCCC. The average molecular weight is 504 g/mol. The van der Waals surface area contributed by atoms with Crippen LogP contribution in [0.4, 0.5) is 0 Å². The van der Waals surface area contributed by atoms with Gasteiger partial charge in [-0.3, -0.25) is 0 Å². The van der Waals surface area contributed by atoms with E-state index in [-0.39, 0.29) is 0 Å². The molecule has 0 aliphatic heterocycles. The highest BCUT2D eigenvalue weighted by Gasteiger charge is 2.16. The van der Waals surface area contributed by atoms with Crippen LogP contribution >= 0.6 is 0 Å². The monoisotopic (exact) mass is 504 g/mol. The van der Waals surface area contributed by atoms with Gasteiger partial charge in [-0.15, -0.1) is 0 Å². The first kappa shape index (κ1) is 33.2. The molecular weight excluding hydrogens is 436 g/mol. The summed E-state index contributed by atoms with van der Waals surface area (Å²) < 4.78 is 5.19. The third kappa shape index (κ3) is 18.5. The fourth-order valence-electron chi connectivity index (χ4n) is 5.62. The van der Waals surface area contributed by atoms with E-state index in [1.807, 2.05) is 0 Å². The molecule has 0 unspecified atom stereocenters. The number of nitrogens with zero attached hydrogens (tertiary/aromatic N) is 2. The Bertz CT molecular complexity index is 562. The molecule has 2 heteroatoms. The maximum atomic E-state index is 2.61. The molecule has 1 rings (SSSR count). The predicted molar refractivity (Wildman–Crippen MR) is 161 cm³/mol. The van der Waals surface area contributed by atoms with Crippen molar-refractivity contribution in [2.24, 2.45) is 0 Å². The van der Waals surface area contributed by atoms with Gasteiger partial charge in [0.2, 0.25) is 0 Å². The fraction of sp³-hybridized carbons (Fsp3) is 0.912. The molecule has 2 nitrogen and oxygen atoms in total. The summed E-state index contributed by atoms with van der Waals surface area (Å²) in [7, 11) is 0. The predicted octanol–water partition coefficient (Wildman–Crippen LogP) is 11.1. The van der Waals surface area contributed by atoms with E-state index in [4.69, 9.17) is 0 Å². The Balaban J connectivity index is 2.21. The molecule has 212 valence electrons. The van der Waals surface area contributed by atoms with E-state index in [1.54, 1.807) is 5.82 Å². The molecule has 0 fully saturated rings. The Kier molecular flexibility index (Phi) is 23.9. The summed E-state index contributed by atoms with van der Waals surface area (Å²) in [6.45, 7) is 9.37. The second-order valence-corrected chi connectivity index (χ2v) is 11.6. The molecule has 0 atom stereocenters. The van der Waals surface area contributed by atoms with Crippen molar-refractivity contribution < 1.29 is 4.57 Å². The molecule has 0 N–H and O–H groups in total. The van der Waals surface area contributed by atoms with Gasteiger partial charge in [0.05, 0.1) is 13.1 Å². The number of unbranched alkanes of at least 4 members (excludes halogenated alkanes) is 22. The lowest BCUT2D eigenvalue weighted by atomic mass is 10.1. The van der Waals surface area contributed by atoms with Crippen LogP contribution in [-0.2, 0) is 19.5 Å². The molecule has 0 saturated carbocycles. The molecule has 0 bridgehead atoms. The Labute approximate surface area is 228 Å². The summed E-state index contributed by atoms with van der Waals surface area (Å²) in [4.78, 5) is 0. The minimum Gasteiger partial charge on any atom is -0.234 e. The molecule has 0 spiro atoms. The highest BCUT2D eigenvalue weighted by Crippen LogP contribution is 2.14. The van der Waals surface area contributed by atoms with Crippen LogP contribution in [0.15, 0.2) is 12.4 Å². The highest BCUT2D eigenvalue weighted by molar-refractivity contribution is 4.84. The number of hydrogen-bond donors (Lipinski definition) is 0. The van der Waals surface area contributed by atoms with Crippen molar-refractivity contribution >= 4 is 0 Å². The van der Waals surface area contributed by atoms with Crippen LogP contribution in [0.2, 0.25) is 0 Å². The summed E-state index contributed by atoms with van der Waals surface area (Å²) in [5.41, 5.74) is 0. The van der Waals surface area contributed by atoms with Crippen molar-refractivity contribution in [1.29, 1.82) is 0 Å². The molecule has 0 saturated heterocycles. The Hall–Kier alpha value is -0.790. The van der Waals surface area contributed by atoms with Gasteiger partial charge in [-0.25, -0.2) is 9.13 Å². The summed E-state index contributed by atoms with van der Waals surface area (Å²) >= 11 is 0. The maximum absolute atomic E-state index is 2.61. The summed E-state index contributed by atoms with van der Waals surface area (Å²) in [6, 6.07) is 0. The molecule has 0 aromatic carbocycles. The average Bonchev–Trinajstić information content (AvgIpc) is 3.27. The van der Waals surface area contributed by atoms with Gasteiger partial charge in [0, 0.05) is 6.42 Å². The number of hydrogen-bond acceptors (Lipinski definition) is 0. The zero-order chi connectivity index (χ0) is 25.9. The third-order valence-electron chi connectivity index (χ3n) is 8.10. The lowest BCUT2D eigenvalue weighted by Gasteiger charge is -2.07. The van der Waals surface area contributed by atoms with E-state index in [2.05, 4.69) is 42.3 Å². The van der Waals surface area contributed by atoms with Crippen LogP contribution in [0.1, 0.15) is 187 Å². The van der Waals surface area contributed by atoms with Crippen LogP contribution in [0, 0.1) is 0 Å². The molecule has 1 aromatic rings. The van der Waals surface area contributed by atoms with Crippen LogP contribution in [0.3, 0.4) is 0 Å². The van der Waals surface area contributed by atoms with Crippen molar-refractivity contribution in [3.05, 3.63) is 18.2 Å². The Morgan fingerprint density at radius 1 is 0.472 bits per heavy atom. The zero-order valence-electron chi connectivity index (χ0n) is 25.3. The number of imidazole rings is 1. The van der Waals surface area contributed by atoms with Crippen LogP contribution in [-0.4, -0.2) is 4.57 Å². The van der Waals surface area contributed by atoms with Gasteiger partial charge in [-0.2, -0.15) is 0 Å². The highest BCUT2D eigenvalue weighted by atomic mass is 15.1. The van der Waals surface area contributed by atoms with Gasteiger partial charge < -0.3 is 0 Å². The zero-order valence-corrected chi connectivity index (χ0v) is 25.3. The largest absolute Gasteiger partial charge is 0.256 e. The fourth-order valence-corrected chi connectivity index (χ4v) is 5.62. The minimum atomic E-state index is 1.21. The molecule has 0 radical (unpaired) electrons. The molecule has 0 aliphatic rings. The normalized spacial score (nSPS) is 11.5. The first-order valence-electron chi connectivity index (χ1n) is 16.9. The van der Waals surface area contributed by atoms with Gasteiger partial charge in [-0.05, 0) is 32.1 Å². The van der Waals surface area contributed by atoms with Gasteiger partial charge in [-0.1, -0.05) is 149 Å². The van der Waals surface area contributed by atoms with E-state index in [0.29, 0.717) is 0 Å². The van der Waals surface area contributed by atoms with E-state index < -0.39 is 0 Å². The van der Waals surface area contributed by atoms with Gasteiger partial charge in [0.15, 0.2) is 0 Å². The van der Waals surface area contributed by atoms with Crippen molar-refractivity contribution in [1.82, 2.24) is 4.57 Å². The van der Waals surface area contributed by atoms with E-state index in [9.17, 15) is 0 Å². The van der Waals surface area contributed by atoms with Gasteiger partial charge in [0.1, 0.15) is 12.4 Å². The summed E-state index contributed by atoms with van der Waals surface area (Å²) in [6.07, 6.45) is 41.5. The second-order valence-electron chi connectivity index (χ2n) is 11.6. The van der Waals surface area contributed by atoms with Crippen LogP contribution in [0.5, 0.6) is 0 Å². The van der Waals surface area contributed by atoms with Gasteiger partial charge >= 0.3 is 0 Å². The quantitative estimate of drug-likeness (QED) is 0.0794. The lowest BCUT2D eigenvalue weighted by molar-refractivity contribution is -0.704. The van der Waals surface area contributed by atoms with E-state index in [0.717, 1.165) is 0 Å². The maximum Gasteiger partial charge on any atom is 0.256 e. The van der Waals surface area contributed by atoms with Crippen LogP contribution in [0.25, 0.3) is 0 Å². The smallest absolute Gasteiger partial charge is 0.234 e. The minimum absolute atomic E-state index is 1.21. The van der Waals surface area contributed by atoms with E-state index in [1.165, 1.54) is 180 Å². The van der Waals surface area contributed by atoms with Crippen molar-refractivity contribution in [2.45, 2.75) is 201 Å². The first-order valence-corrected chi connectivity index (χ1v) is 16.9. The lowest BCUT2D eigenvalue weighted by Crippen LogP contribution is -2.37. The van der Waals surface area contributed by atoms with Gasteiger partial charge in [0.25, 0.3) is 5.82 Å².